The molecule has 1 heterocycles. The molecule has 20 heavy (non-hydrogen) atoms. The monoisotopic (exact) mass is 268 g/mol. The Hall–Kier alpha value is -2.82. The number of methoxy groups -OCH3 is 1. The Morgan fingerprint density at radius 2 is 1.85 bits per heavy atom. The molecule has 0 amide bonds. The molecule has 1 aromatic heterocycles. The van der Waals surface area contributed by atoms with Crippen molar-refractivity contribution in [2.75, 3.05) is 7.11 Å². The van der Waals surface area contributed by atoms with Crippen LogP contribution in [0.25, 0.3) is 22.0 Å². The van der Waals surface area contributed by atoms with Crippen LogP contribution in [-0.2, 0) is 0 Å². The molecule has 5 nitrogen and oxygen atoms in total. The summed E-state index contributed by atoms with van der Waals surface area (Å²) in [5.41, 5.74) is 2.57. The molecule has 0 aliphatic rings. The fourth-order valence-corrected chi connectivity index (χ4v) is 2.32. The highest BCUT2D eigenvalue weighted by molar-refractivity contribution is 5.99. The maximum atomic E-state index is 11.0. The first-order valence-corrected chi connectivity index (χ1v) is 6.09. The summed E-state index contributed by atoms with van der Waals surface area (Å²) in [6.07, 6.45) is 1.71. The number of non-ortho nitro benzene ring substituents is 1. The lowest BCUT2D eigenvalue weighted by atomic mass is 10.0. The summed E-state index contributed by atoms with van der Waals surface area (Å²) in [4.78, 5) is 13.6. The molecule has 100 valence electrons. The van der Waals surface area contributed by atoms with Gasteiger partial charge in [0.1, 0.15) is 11.3 Å². The van der Waals surface area contributed by atoms with Crippen LogP contribution in [0.1, 0.15) is 0 Å². The van der Waals surface area contributed by atoms with Gasteiger partial charge < -0.3 is 9.72 Å². The lowest BCUT2D eigenvalue weighted by Crippen LogP contribution is -1.90. The molecule has 3 rings (SSSR count). The number of ether oxygens (including phenoxy) is 1. The Morgan fingerprint density at radius 1 is 1.10 bits per heavy atom. The van der Waals surface area contributed by atoms with Gasteiger partial charge in [0.05, 0.1) is 12.0 Å². The zero-order chi connectivity index (χ0) is 14.1. The maximum absolute atomic E-state index is 11.0. The van der Waals surface area contributed by atoms with Crippen LogP contribution in [-0.4, -0.2) is 17.0 Å². The van der Waals surface area contributed by atoms with Crippen LogP contribution in [0, 0.1) is 10.1 Å². The van der Waals surface area contributed by atoms with Gasteiger partial charge in [0.25, 0.3) is 5.69 Å². The van der Waals surface area contributed by atoms with E-state index in [0.717, 1.165) is 22.3 Å². The number of benzene rings is 2. The van der Waals surface area contributed by atoms with Crippen molar-refractivity contribution in [3.8, 4) is 16.9 Å². The molecule has 0 unspecified atom stereocenters. The maximum Gasteiger partial charge on any atom is 0.293 e. The third-order valence-corrected chi connectivity index (χ3v) is 3.30. The summed E-state index contributed by atoms with van der Waals surface area (Å²) in [6, 6.07) is 12.8. The van der Waals surface area contributed by atoms with Gasteiger partial charge in [-0.1, -0.05) is 12.1 Å². The van der Waals surface area contributed by atoms with E-state index in [-0.39, 0.29) is 10.6 Å². The zero-order valence-corrected chi connectivity index (χ0v) is 10.8. The van der Waals surface area contributed by atoms with Crippen molar-refractivity contribution in [1.82, 2.24) is 4.98 Å². The summed E-state index contributed by atoms with van der Waals surface area (Å²) >= 11 is 0. The highest BCUT2D eigenvalue weighted by Crippen LogP contribution is 2.34. The number of nitrogens with one attached hydrogen (secondary N) is 1. The van der Waals surface area contributed by atoms with Gasteiger partial charge in [0.15, 0.2) is 0 Å². The van der Waals surface area contributed by atoms with Gasteiger partial charge in [-0.3, -0.25) is 10.1 Å². The Balaban J connectivity index is 2.19. The summed E-state index contributed by atoms with van der Waals surface area (Å²) in [5.74, 6) is 0.779. The SMILES string of the molecule is COc1ccc(-c2ccc([N+](=O)[O-])c3[nH]ccc23)cc1. The number of hydrogen-bond acceptors (Lipinski definition) is 3. The number of nitro benzene ring substituents is 1. The molecule has 0 saturated carbocycles. The Kier molecular flexibility index (Phi) is 2.87. The predicted octanol–water partition coefficient (Wildman–Crippen LogP) is 3.75. The van der Waals surface area contributed by atoms with E-state index in [4.69, 9.17) is 4.74 Å². The highest BCUT2D eigenvalue weighted by Gasteiger charge is 2.15. The van der Waals surface area contributed by atoms with Crippen molar-refractivity contribution in [3.05, 3.63) is 58.8 Å². The van der Waals surface area contributed by atoms with Crippen LogP contribution in [0.4, 0.5) is 5.69 Å². The third-order valence-electron chi connectivity index (χ3n) is 3.30. The van der Waals surface area contributed by atoms with E-state index in [2.05, 4.69) is 4.98 Å². The lowest BCUT2D eigenvalue weighted by molar-refractivity contribution is -0.383. The lowest BCUT2D eigenvalue weighted by Gasteiger charge is -2.06. The highest BCUT2D eigenvalue weighted by atomic mass is 16.6. The predicted molar refractivity (Wildman–Crippen MR) is 76.9 cm³/mol. The summed E-state index contributed by atoms with van der Waals surface area (Å²) in [7, 11) is 1.62. The topological polar surface area (TPSA) is 68.2 Å². The third kappa shape index (κ3) is 1.89. The van der Waals surface area contributed by atoms with Crippen molar-refractivity contribution in [3.63, 3.8) is 0 Å². The second-order valence-corrected chi connectivity index (χ2v) is 4.38. The molecule has 0 fully saturated rings. The van der Waals surface area contributed by atoms with Crippen molar-refractivity contribution in [2.45, 2.75) is 0 Å². The molecule has 2 aromatic carbocycles. The number of H-pyrrole nitrogens is 1. The van der Waals surface area contributed by atoms with Gasteiger partial charge in [0, 0.05) is 17.6 Å². The van der Waals surface area contributed by atoms with E-state index in [0.29, 0.717) is 5.52 Å². The van der Waals surface area contributed by atoms with Crippen LogP contribution >= 0.6 is 0 Å². The van der Waals surface area contributed by atoms with Gasteiger partial charge >= 0.3 is 0 Å². The van der Waals surface area contributed by atoms with Gasteiger partial charge in [-0.25, -0.2) is 0 Å². The van der Waals surface area contributed by atoms with Crippen molar-refractivity contribution in [2.24, 2.45) is 0 Å². The van der Waals surface area contributed by atoms with Gasteiger partial charge in [-0.05, 0) is 35.4 Å². The first-order valence-electron chi connectivity index (χ1n) is 6.09. The van der Waals surface area contributed by atoms with Crippen LogP contribution in [0.3, 0.4) is 0 Å². The molecule has 1 N–H and O–H groups in total. The Labute approximate surface area is 115 Å². The molecule has 0 aliphatic heterocycles. The number of hydrogen-bond donors (Lipinski definition) is 1. The van der Waals surface area contributed by atoms with Crippen molar-refractivity contribution < 1.29 is 9.66 Å². The molecule has 3 aromatic rings. The molecule has 5 heteroatoms. The van der Waals surface area contributed by atoms with Crippen molar-refractivity contribution in [1.29, 1.82) is 0 Å². The largest absolute Gasteiger partial charge is 0.497 e. The molecule has 0 saturated heterocycles. The van der Waals surface area contributed by atoms with Crippen LogP contribution in [0.5, 0.6) is 5.75 Å². The van der Waals surface area contributed by atoms with E-state index in [1.54, 1.807) is 19.4 Å². The van der Waals surface area contributed by atoms with Gasteiger partial charge in [-0.15, -0.1) is 0 Å². The molecular weight excluding hydrogens is 256 g/mol. The van der Waals surface area contributed by atoms with E-state index >= 15 is 0 Å². The average molecular weight is 268 g/mol. The quantitative estimate of drug-likeness (QED) is 0.581. The summed E-state index contributed by atoms with van der Waals surface area (Å²) in [6.45, 7) is 0. The average Bonchev–Trinajstić information content (AvgIpc) is 2.95. The number of nitro groups is 1. The number of nitrogens with zero attached hydrogens (tertiary/aromatic N) is 1. The van der Waals surface area contributed by atoms with Crippen LogP contribution < -0.4 is 4.74 Å². The number of rotatable bonds is 3. The number of fused-ring (bicyclic) bond motifs is 1. The Morgan fingerprint density at radius 3 is 2.50 bits per heavy atom. The molecule has 0 spiro atoms. The van der Waals surface area contributed by atoms with E-state index in [9.17, 15) is 10.1 Å². The molecular formula is C15H12N2O3. The smallest absolute Gasteiger partial charge is 0.293 e. The number of aromatic nitrogens is 1. The fourth-order valence-electron chi connectivity index (χ4n) is 2.32. The zero-order valence-electron chi connectivity index (χ0n) is 10.8. The van der Waals surface area contributed by atoms with Crippen LogP contribution in [0.2, 0.25) is 0 Å². The normalized spacial score (nSPS) is 10.7. The first-order chi connectivity index (χ1) is 9.70. The minimum atomic E-state index is -0.378. The standard InChI is InChI=1S/C15H12N2O3/c1-20-11-4-2-10(3-5-11)12-6-7-14(17(18)19)15-13(12)8-9-16-15/h2-9,16H,1H3. The number of aromatic amines is 1. The second kappa shape index (κ2) is 4.70. The van der Waals surface area contributed by atoms with Crippen LogP contribution in [0.15, 0.2) is 48.7 Å². The van der Waals surface area contributed by atoms with Gasteiger partial charge in [-0.2, -0.15) is 0 Å². The minimum Gasteiger partial charge on any atom is -0.497 e. The molecule has 0 aliphatic carbocycles. The molecule has 0 bridgehead atoms. The fraction of sp³-hybridized carbons (Fsp3) is 0.0667. The summed E-state index contributed by atoms with van der Waals surface area (Å²) < 4.78 is 5.13. The van der Waals surface area contributed by atoms with Gasteiger partial charge in [0.2, 0.25) is 0 Å². The van der Waals surface area contributed by atoms with E-state index < -0.39 is 0 Å². The summed E-state index contributed by atoms with van der Waals surface area (Å²) in [5, 5.41) is 11.9. The minimum absolute atomic E-state index is 0.0854. The Bertz CT molecular complexity index is 775. The molecule has 0 radical (unpaired) electrons. The second-order valence-electron chi connectivity index (χ2n) is 4.38. The molecule has 0 atom stereocenters. The van der Waals surface area contributed by atoms with E-state index in [1.165, 1.54) is 6.07 Å². The first kappa shape index (κ1) is 12.2. The van der Waals surface area contributed by atoms with Crippen molar-refractivity contribution >= 4 is 16.6 Å². The van der Waals surface area contributed by atoms with E-state index in [1.807, 2.05) is 30.3 Å².